The Labute approximate surface area is 139 Å². The van der Waals surface area contributed by atoms with E-state index >= 15 is 0 Å². The second kappa shape index (κ2) is 6.77. The number of carbonyl (C=O) groups is 1. The molecule has 1 aromatic carbocycles. The number of carboxylic acid groups (broad SMARTS) is 1. The standard InChI is InChI=1S/C20H29NO2/c1-7-8-9-16-14(6)21(13(4)5)19-17(12(2)3)10-15(20(22)23)11-18(16)19/h10-13H,7-9H2,1-6H3,(H,22,23). The molecule has 0 unspecified atom stereocenters. The molecule has 0 atom stereocenters. The minimum Gasteiger partial charge on any atom is -0.478 e. The summed E-state index contributed by atoms with van der Waals surface area (Å²) < 4.78 is 2.39. The molecule has 2 aromatic rings. The van der Waals surface area contributed by atoms with Crippen LogP contribution in [0.25, 0.3) is 10.9 Å². The molecule has 0 aliphatic heterocycles. The lowest BCUT2D eigenvalue weighted by Crippen LogP contribution is -2.06. The van der Waals surface area contributed by atoms with Gasteiger partial charge in [0.05, 0.1) is 11.1 Å². The SMILES string of the molecule is CCCCc1c(C)n(C(C)C)c2c(C(C)C)cc(C(=O)O)cc12. The molecule has 3 nitrogen and oxygen atoms in total. The second-order valence-electron chi connectivity index (χ2n) is 7.05. The van der Waals surface area contributed by atoms with Crippen molar-refractivity contribution in [1.82, 2.24) is 4.57 Å². The third-order valence-electron chi connectivity index (χ3n) is 4.67. The van der Waals surface area contributed by atoms with Crippen LogP contribution in [0.15, 0.2) is 12.1 Å². The van der Waals surface area contributed by atoms with Gasteiger partial charge in [-0.1, -0.05) is 27.2 Å². The van der Waals surface area contributed by atoms with Gasteiger partial charge in [-0.3, -0.25) is 0 Å². The van der Waals surface area contributed by atoms with Gasteiger partial charge in [0, 0.05) is 17.1 Å². The molecule has 0 aliphatic rings. The summed E-state index contributed by atoms with van der Waals surface area (Å²) in [7, 11) is 0. The minimum absolute atomic E-state index is 0.294. The fourth-order valence-corrected chi connectivity index (χ4v) is 3.54. The number of carboxylic acids is 1. The first-order valence-electron chi connectivity index (χ1n) is 8.70. The number of benzene rings is 1. The molecule has 3 heteroatoms. The predicted octanol–water partition coefficient (Wildman–Crippen LogP) is 5.69. The summed E-state index contributed by atoms with van der Waals surface area (Å²) in [6, 6.07) is 4.10. The maximum atomic E-state index is 11.6. The molecule has 0 spiro atoms. The van der Waals surface area contributed by atoms with E-state index < -0.39 is 5.97 Å². The first-order chi connectivity index (χ1) is 10.8. The Kier molecular flexibility index (Phi) is 5.18. The van der Waals surface area contributed by atoms with Crippen molar-refractivity contribution < 1.29 is 9.90 Å². The van der Waals surface area contributed by atoms with Crippen LogP contribution in [-0.4, -0.2) is 15.6 Å². The molecular weight excluding hydrogens is 286 g/mol. The van der Waals surface area contributed by atoms with E-state index in [1.54, 1.807) is 0 Å². The van der Waals surface area contributed by atoms with Gasteiger partial charge in [0.2, 0.25) is 0 Å². The maximum absolute atomic E-state index is 11.6. The Balaban J connectivity index is 2.89. The van der Waals surface area contributed by atoms with Gasteiger partial charge in [0.25, 0.3) is 0 Å². The number of aromatic nitrogens is 1. The van der Waals surface area contributed by atoms with Crippen molar-refractivity contribution in [3.63, 3.8) is 0 Å². The van der Waals surface area contributed by atoms with Crippen LogP contribution in [-0.2, 0) is 6.42 Å². The van der Waals surface area contributed by atoms with Crippen molar-refractivity contribution in [1.29, 1.82) is 0 Å². The number of fused-ring (bicyclic) bond motifs is 1. The van der Waals surface area contributed by atoms with Crippen LogP contribution in [0.4, 0.5) is 0 Å². The van der Waals surface area contributed by atoms with Crippen molar-refractivity contribution in [3.05, 3.63) is 34.5 Å². The summed E-state index contributed by atoms with van der Waals surface area (Å²) in [5.41, 5.74) is 5.37. The van der Waals surface area contributed by atoms with Gasteiger partial charge in [-0.2, -0.15) is 0 Å². The van der Waals surface area contributed by atoms with Gasteiger partial charge < -0.3 is 9.67 Å². The van der Waals surface area contributed by atoms with E-state index in [2.05, 4.69) is 46.1 Å². The van der Waals surface area contributed by atoms with Gasteiger partial charge in [-0.15, -0.1) is 0 Å². The highest BCUT2D eigenvalue weighted by Crippen LogP contribution is 2.36. The van der Waals surface area contributed by atoms with E-state index in [0.717, 1.165) is 30.2 Å². The van der Waals surface area contributed by atoms with Crippen molar-refractivity contribution in [2.75, 3.05) is 0 Å². The zero-order valence-electron chi connectivity index (χ0n) is 15.2. The molecule has 0 aliphatic carbocycles. The first kappa shape index (κ1) is 17.6. The number of hydrogen-bond donors (Lipinski definition) is 1. The summed E-state index contributed by atoms with van der Waals surface area (Å²) in [4.78, 5) is 11.6. The number of nitrogens with zero attached hydrogens (tertiary/aromatic N) is 1. The lowest BCUT2D eigenvalue weighted by Gasteiger charge is -2.17. The summed E-state index contributed by atoms with van der Waals surface area (Å²) in [5.74, 6) is -0.548. The zero-order valence-corrected chi connectivity index (χ0v) is 15.2. The number of unbranched alkanes of at least 4 members (excludes halogenated alkanes) is 1. The minimum atomic E-state index is -0.842. The molecule has 126 valence electrons. The average molecular weight is 315 g/mol. The predicted molar refractivity (Wildman–Crippen MR) is 96.7 cm³/mol. The number of hydrogen-bond acceptors (Lipinski definition) is 1. The van der Waals surface area contributed by atoms with Crippen LogP contribution in [0.3, 0.4) is 0 Å². The van der Waals surface area contributed by atoms with Crippen molar-refractivity contribution >= 4 is 16.9 Å². The molecule has 1 heterocycles. The Morgan fingerprint density at radius 1 is 1.22 bits per heavy atom. The average Bonchev–Trinajstić information content (AvgIpc) is 2.75. The monoisotopic (exact) mass is 315 g/mol. The van der Waals surface area contributed by atoms with Crippen molar-refractivity contribution in [3.8, 4) is 0 Å². The van der Waals surface area contributed by atoms with Crippen LogP contribution in [0, 0.1) is 6.92 Å². The van der Waals surface area contributed by atoms with Crippen LogP contribution >= 0.6 is 0 Å². The highest BCUT2D eigenvalue weighted by Gasteiger charge is 2.21. The Hall–Kier alpha value is -1.77. The largest absolute Gasteiger partial charge is 0.478 e. The molecule has 23 heavy (non-hydrogen) atoms. The Morgan fingerprint density at radius 2 is 1.87 bits per heavy atom. The highest BCUT2D eigenvalue weighted by molar-refractivity contribution is 5.97. The second-order valence-corrected chi connectivity index (χ2v) is 7.05. The molecule has 1 N–H and O–H groups in total. The van der Waals surface area contributed by atoms with Crippen LogP contribution in [0.2, 0.25) is 0 Å². The highest BCUT2D eigenvalue weighted by atomic mass is 16.4. The van der Waals surface area contributed by atoms with E-state index in [1.807, 2.05) is 12.1 Å². The van der Waals surface area contributed by atoms with Gasteiger partial charge in [0.15, 0.2) is 0 Å². The Bertz CT molecular complexity index is 723. The van der Waals surface area contributed by atoms with Gasteiger partial charge >= 0.3 is 5.97 Å². The fraction of sp³-hybridized carbons (Fsp3) is 0.550. The molecule has 1 aromatic heterocycles. The van der Waals surface area contributed by atoms with E-state index in [4.69, 9.17) is 0 Å². The molecule has 2 rings (SSSR count). The summed E-state index contributed by atoms with van der Waals surface area (Å²) in [6.45, 7) is 13.0. The lowest BCUT2D eigenvalue weighted by molar-refractivity contribution is 0.0697. The van der Waals surface area contributed by atoms with Crippen LogP contribution in [0.5, 0.6) is 0 Å². The molecule has 0 bridgehead atoms. The molecule has 0 amide bonds. The quantitative estimate of drug-likeness (QED) is 0.743. The molecule has 0 radical (unpaired) electrons. The first-order valence-corrected chi connectivity index (χ1v) is 8.70. The van der Waals surface area contributed by atoms with E-state index in [9.17, 15) is 9.90 Å². The zero-order chi connectivity index (χ0) is 17.3. The fourth-order valence-electron chi connectivity index (χ4n) is 3.54. The van der Waals surface area contributed by atoms with E-state index in [1.165, 1.54) is 16.8 Å². The molecule has 0 saturated carbocycles. The Morgan fingerprint density at radius 3 is 2.35 bits per heavy atom. The molecular formula is C20H29NO2. The molecule has 0 fully saturated rings. The van der Waals surface area contributed by atoms with E-state index in [0.29, 0.717) is 17.5 Å². The number of aromatic carboxylic acids is 1. The van der Waals surface area contributed by atoms with Gasteiger partial charge in [-0.05, 0) is 62.8 Å². The van der Waals surface area contributed by atoms with Crippen molar-refractivity contribution in [2.24, 2.45) is 0 Å². The lowest BCUT2D eigenvalue weighted by atomic mass is 9.95. The number of rotatable bonds is 6. The van der Waals surface area contributed by atoms with E-state index in [-0.39, 0.29) is 0 Å². The third kappa shape index (κ3) is 3.15. The summed E-state index contributed by atoms with van der Waals surface area (Å²) >= 11 is 0. The molecule has 0 saturated heterocycles. The van der Waals surface area contributed by atoms with Gasteiger partial charge in [0.1, 0.15) is 0 Å². The topological polar surface area (TPSA) is 42.2 Å². The van der Waals surface area contributed by atoms with Crippen LogP contribution < -0.4 is 0 Å². The van der Waals surface area contributed by atoms with Crippen molar-refractivity contribution in [2.45, 2.75) is 72.8 Å². The summed E-state index contributed by atoms with van der Waals surface area (Å²) in [5, 5.41) is 10.6. The maximum Gasteiger partial charge on any atom is 0.335 e. The summed E-state index contributed by atoms with van der Waals surface area (Å²) in [6.07, 6.45) is 3.29. The van der Waals surface area contributed by atoms with Gasteiger partial charge in [-0.25, -0.2) is 4.79 Å². The normalized spacial score (nSPS) is 11.8. The smallest absolute Gasteiger partial charge is 0.335 e. The number of aryl methyl sites for hydroxylation is 1. The van der Waals surface area contributed by atoms with Crippen LogP contribution in [0.1, 0.15) is 86.6 Å². The third-order valence-corrected chi connectivity index (χ3v) is 4.67.